The van der Waals surface area contributed by atoms with Crippen molar-refractivity contribution in [2.75, 3.05) is 20.2 Å². The van der Waals surface area contributed by atoms with Gasteiger partial charge in [-0.2, -0.15) is 13.2 Å². The summed E-state index contributed by atoms with van der Waals surface area (Å²) in [5.74, 6) is -0.312. The molecular weight excluding hydrogens is 413 g/mol. The number of hydrogen-bond donors (Lipinski definition) is 0. The lowest BCUT2D eigenvalue weighted by Gasteiger charge is -2.32. The molecule has 0 radical (unpaired) electrons. The average Bonchev–Trinajstić information content (AvgIpc) is 3.21. The van der Waals surface area contributed by atoms with Crippen molar-refractivity contribution in [1.29, 1.82) is 0 Å². The van der Waals surface area contributed by atoms with E-state index in [9.17, 15) is 18.0 Å². The van der Waals surface area contributed by atoms with E-state index < -0.39 is 17.7 Å². The third kappa shape index (κ3) is 4.06. The summed E-state index contributed by atoms with van der Waals surface area (Å²) in [7, 11) is 1.46. The monoisotopic (exact) mass is 434 g/mol. The molecule has 1 amide bonds. The van der Waals surface area contributed by atoms with Crippen LogP contribution in [0.3, 0.4) is 0 Å². The molecule has 3 aromatic heterocycles. The van der Waals surface area contributed by atoms with Crippen LogP contribution < -0.4 is 4.74 Å². The Morgan fingerprint density at radius 1 is 1.35 bits per heavy atom. The topological polar surface area (TPSA) is 81.4 Å². The Morgan fingerprint density at radius 2 is 2.16 bits per heavy atom. The van der Waals surface area contributed by atoms with E-state index in [4.69, 9.17) is 9.26 Å². The van der Waals surface area contributed by atoms with E-state index in [0.717, 1.165) is 6.07 Å². The highest BCUT2D eigenvalue weighted by Gasteiger charge is 2.38. The van der Waals surface area contributed by atoms with Crippen LogP contribution in [-0.4, -0.2) is 46.1 Å². The molecule has 1 aliphatic heterocycles. The first-order valence-electron chi connectivity index (χ1n) is 9.97. The largest absolute Gasteiger partial charge is 0.481 e. The molecule has 4 heterocycles. The molecule has 0 aliphatic carbocycles. The number of amides is 1. The second kappa shape index (κ2) is 8.16. The van der Waals surface area contributed by atoms with E-state index in [1.54, 1.807) is 17.9 Å². The quantitative estimate of drug-likeness (QED) is 0.611. The third-order valence-electron chi connectivity index (χ3n) is 5.48. The molecule has 0 spiro atoms. The number of aryl methyl sites for hydroxylation is 1. The summed E-state index contributed by atoms with van der Waals surface area (Å²) in [5, 5.41) is 3.84. The number of methoxy groups -OCH3 is 1. The molecule has 0 N–H and O–H groups in total. The summed E-state index contributed by atoms with van der Waals surface area (Å²) >= 11 is 0. The van der Waals surface area contributed by atoms with E-state index in [2.05, 4.69) is 15.1 Å². The first-order valence-corrected chi connectivity index (χ1v) is 9.97. The number of ether oxygens (including phenoxy) is 1. The van der Waals surface area contributed by atoms with Crippen LogP contribution in [0.5, 0.6) is 5.88 Å². The molecule has 0 unspecified atom stereocenters. The van der Waals surface area contributed by atoms with Gasteiger partial charge in [0.2, 0.25) is 5.88 Å². The highest BCUT2D eigenvalue weighted by atomic mass is 19.4. The average molecular weight is 434 g/mol. The second-order valence-corrected chi connectivity index (χ2v) is 7.44. The molecule has 3 aromatic rings. The van der Waals surface area contributed by atoms with Gasteiger partial charge in [0.15, 0.2) is 0 Å². The zero-order valence-electron chi connectivity index (χ0n) is 17.1. The van der Waals surface area contributed by atoms with E-state index in [0.29, 0.717) is 37.3 Å². The second-order valence-electron chi connectivity index (χ2n) is 7.44. The fraction of sp³-hybridized carbons (Fsp3) is 0.429. The zero-order chi connectivity index (χ0) is 22.2. The molecule has 1 fully saturated rings. The van der Waals surface area contributed by atoms with Crippen molar-refractivity contribution >= 4 is 17.0 Å². The van der Waals surface area contributed by atoms with Crippen molar-refractivity contribution in [3.05, 3.63) is 46.9 Å². The molecule has 7 nitrogen and oxygen atoms in total. The number of halogens is 3. The Bertz CT molecular complexity index is 1110. The van der Waals surface area contributed by atoms with Crippen molar-refractivity contribution in [1.82, 2.24) is 20.0 Å². The lowest BCUT2D eigenvalue weighted by Crippen LogP contribution is -2.39. The molecule has 164 valence electrons. The number of fused-ring (bicyclic) bond motifs is 1. The fourth-order valence-corrected chi connectivity index (χ4v) is 3.93. The van der Waals surface area contributed by atoms with Crippen LogP contribution in [-0.2, 0) is 12.6 Å². The van der Waals surface area contributed by atoms with Crippen molar-refractivity contribution in [3.8, 4) is 5.88 Å². The number of carbonyl (C=O) groups is 1. The van der Waals surface area contributed by atoms with Crippen LogP contribution in [0, 0.1) is 0 Å². The molecule has 0 aromatic carbocycles. The van der Waals surface area contributed by atoms with Crippen LogP contribution in [0.4, 0.5) is 13.2 Å². The number of piperidine rings is 1. The number of likely N-dealkylation sites (tertiary alicyclic amines) is 1. The maximum absolute atomic E-state index is 13.8. The summed E-state index contributed by atoms with van der Waals surface area (Å²) < 4.78 is 51.6. The van der Waals surface area contributed by atoms with E-state index in [1.165, 1.54) is 19.4 Å². The lowest BCUT2D eigenvalue weighted by atomic mass is 9.91. The molecule has 0 bridgehead atoms. The van der Waals surface area contributed by atoms with Crippen LogP contribution in [0.1, 0.15) is 53.0 Å². The van der Waals surface area contributed by atoms with Gasteiger partial charge in [0.1, 0.15) is 0 Å². The number of pyridine rings is 2. The normalized spacial score (nSPS) is 17.2. The highest BCUT2D eigenvalue weighted by molar-refractivity contribution is 5.94. The predicted molar refractivity (Wildman–Crippen MR) is 105 cm³/mol. The predicted octanol–water partition coefficient (Wildman–Crippen LogP) is 4.23. The Hall–Kier alpha value is -3.17. The smallest absolute Gasteiger partial charge is 0.417 e. The van der Waals surface area contributed by atoms with Gasteiger partial charge in [-0.15, -0.1) is 0 Å². The summed E-state index contributed by atoms with van der Waals surface area (Å²) in [5.41, 5.74) is -0.0310. The van der Waals surface area contributed by atoms with Gasteiger partial charge in [0, 0.05) is 42.5 Å². The van der Waals surface area contributed by atoms with Crippen molar-refractivity contribution in [2.24, 2.45) is 0 Å². The lowest BCUT2D eigenvalue weighted by molar-refractivity contribution is -0.136. The molecule has 1 saturated heterocycles. The molecule has 10 heteroatoms. The Balaban J connectivity index is 1.68. The Kier molecular flexibility index (Phi) is 5.55. The molecule has 0 saturated carbocycles. The summed E-state index contributed by atoms with van der Waals surface area (Å²) in [6, 6.07) is 4.17. The van der Waals surface area contributed by atoms with Gasteiger partial charge >= 0.3 is 6.18 Å². The van der Waals surface area contributed by atoms with Crippen LogP contribution >= 0.6 is 0 Å². The van der Waals surface area contributed by atoms with Gasteiger partial charge < -0.3 is 14.2 Å². The fourth-order valence-electron chi connectivity index (χ4n) is 3.93. The molecule has 4 rings (SSSR count). The molecule has 1 aliphatic rings. The zero-order valence-corrected chi connectivity index (χ0v) is 17.1. The summed E-state index contributed by atoms with van der Waals surface area (Å²) in [6.07, 6.45) is -1.52. The maximum Gasteiger partial charge on any atom is 0.417 e. The number of hydrogen-bond acceptors (Lipinski definition) is 6. The van der Waals surface area contributed by atoms with Crippen molar-refractivity contribution in [3.63, 3.8) is 0 Å². The number of rotatable bonds is 4. The van der Waals surface area contributed by atoms with Gasteiger partial charge in [-0.3, -0.25) is 4.79 Å². The maximum atomic E-state index is 13.8. The van der Waals surface area contributed by atoms with Crippen LogP contribution in [0.25, 0.3) is 11.1 Å². The summed E-state index contributed by atoms with van der Waals surface area (Å²) in [6.45, 7) is 2.46. The number of alkyl halides is 3. The van der Waals surface area contributed by atoms with Crippen LogP contribution in [0.2, 0.25) is 0 Å². The molecule has 31 heavy (non-hydrogen) atoms. The Labute approximate surface area is 176 Å². The van der Waals surface area contributed by atoms with E-state index >= 15 is 0 Å². The number of nitrogens with zero attached hydrogens (tertiary/aromatic N) is 4. The van der Waals surface area contributed by atoms with Gasteiger partial charge in [-0.1, -0.05) is 12.1 Å². The van der Waals surface area contributed by atoms with Gasteiger partial charge in [-0.05, 0) is 31.4 Å². The number of aromatic nitrogens is 3. The molecule has 1 atom stereocenters. The van der Waals surface area contributed by atoms with Gasteiger partial charge in [0.25, 0.3) is 11.6 Å². The first kappa shape index (κ1) is 21.1. The number of carbonyl (C=O) groups excluding carboxylic acids is 1. The minimum Gasteiger partial charge on any atom is -0.481 e. The minimum atomic E-state index is -4.57. The highest BCUT2D eigenvalue weighted by Crippen LogP contribution is 2.40. The van der Waals surface area contributed by atoms with E-state index in [1.807, 2.05) is 0 Å². The van der Waals surface area contributed by atoms with Crippen molar-refractivity contribution < 1.29 is 27.2 Å². The SMILES string of the molecule is CCc1cc(C(F)(F)F)c2c([C@@H]3CCCN(C(=O)c4ccnc(OC)c4)C3)noc2n1. The van der Waals surface area contributed by atoms with Gasteiger partial charge in [0.05, 0.1) is 23.8 Å². The first-order chi connectivity index (χ1) is 14.8. The third-order valence-corrected chi connectivity index (χ3v) is 5.48. The standard InChI is InChI=1S/C21H21F3N4O3/c1-3-14-10-15(21(22,23)24)17-18(27-31-19(17)26-14)13-5-4-8-28(11-13)20(29)12-6-7-25-16(9-12)30-2/h6-7,9-10,13H,3-5,8,11H2,1-2H3/t13-/m1/s1. The Morgan fingerprint density at radius 3 is 2.87 bits per heavy atom. The van der Waals surface area contributed by atoms with Crippen molar-refractivity contribution in [2.45, 2.75) is 38.3 Å². The summed E-state index contributed by atoms with van der Waals surface area (Å²) in [4.78, 5) is 22.7. The minimum absolute atomic E-state index is 0.116. The van der Waals surface area contributed by atoms with Crippen LogP contribution in [0.15, 0.2) is 28.9 Å². The van der Waals surface area contributed by atoms with Gasteiger partial charge in [-0.25, -0.2) is 9.97 Å². The molecular formula is C21H21F3N4O3. The van der Waals surface area contributed by atoms with E-state index in [-0.39, 0.29) is 34.9 Å².